The van der Waals surface area contributed by atoms with Crippen molar-refractivity contribution < 1.29 is 0 Å². The largest absolute Gasteiger partial charge is 0.383 e. The lowest BCUT2D eigenvalue weighted by molar-refractivity contribution is 0.405. The topological polar surface area (TPSA) is 42.2 Å². The van der Waals surface area contributed by atoms with E-state index in [2.05, 4.69) is 23.1 Å². The van der Waals surface area contributed by atoms with Crippen molar-refractivity contribution in [1.29, 1.82) is 0 Å². The van der Waals surface area contributed by atoms with E-state index < -0.39 is 0 Å². The molecule has 1 atom stereocenters. The summed E-state index contributed by atoms with van der Waals surface area (Å²) in [5.74, 6) is 1.55. The van der Waals surface area contributed by atoms with E-state index in [1.54, 1.807) is 11.5 Å². The number of hydrogen-bond acceptors (Lipinski definition) is 4. The highest BCUT2D eigenvalue weighted by Gasteiger charge is 2.22. The molecular weight excluding hydrogens is 206 g/mol. The molecule has 0 aromatic carbocycles. The molecule has 0 bridgehead atoms. The van der Waals surface area contributed by atoms with Crippen molar-refractivity contribution in [3.8, 4) is 0 Å². The second-order valence-corrected chi connectivity index (χ2v) is 5.11. The quantitative estimate of drug-likeness (QED) is 0.841. The van der Waals surface area contributed by atoms with E-state index in [-0.39, 0.29) is 0 Å². The number of nitrogens with zero attached hydrogens (tertiary/aromatic N) is 2. The van der Waals surface area contributed by atoms with Gasteiger partial charge in [-0.1, -0.05) is 13.3 Å². The molecule has 0 amide bonds. The molecule has 2 N–H and O–H groups in total. The highest BCUT2D eigenvalue weighted by atomic mass is 32.1. The lowest BCUT2D eigenvalue weighted by atomic mass is 9.96. The van der Waals surface area contributed by atoms with Gasteiger partial charge in [0.15, 0.2) is 0 Å². The first kappa shape index (κ1) is 10.7. The van der Waals surface area contributed by atoms with E-state index >= 15 is 0 Å². The highest BCUT2D eigenvalue weighted by molar-refractivity contribution is 7.10. The van der Waals surface area contributed by atoms with E-state index in [1.807, 2.05) is 0 Å². The molecule has 84 valence electrons. The van der Waals surface area contributed by atoms with Gasteiger partial charge in [-0.25, -0.2) is 0 Å². The number of nitrogens with two attached hydrogens (primary N) is 1. The molecule has 0 aliphatic carbocycles. The van der Waals surface area contributed by atoms with Crippen LogP contribution in [-0.4, -0.2) is 17.5 Å². The number of anilines is 2. The fourth-order valence-corrected chi connectivity index (χ4v) is 3.06. The van der Waals surface area contributed by atoms with Gasteiger partial charge in [-0.2, -0.15) is 4.37 Å². The summed E-state index contributed by atoms with van der Waals surface area (Å²) in [6.45, 7) is 6.70. The maximum absolute atomic E-state index is 5.79. The van der Waals surface area contributed by atoms with Crippen LogP contribution in [0.2, 0.25) is 0 Å². The first-order valence-electron chi connectivity index (χ1n) is 5.69. The first-order valence-corrected chi connectivity index (χ1v) is 6.46. The Labute approximate surface area is 95.4 Å². The van der Waals surface area contributed by atoms with Crippen LogP contribution in [0.3, 0.4) is 0 Å². The van der Waals surface area contributed by atoms with Gasteiger partial charge in [-0.05, 0) is 37.2 Å². The first-order chi connectivity index (χ1) is 7.22. The Morgan fingerprint density at radius 3 is 3.00 bits per heavy atom. The maximum Gasteiger partial charge on any atom is 0.142 e. The van der Waals surface area contributed by atoms with E-state index in [1.165, 1.54) is 37.4 Å². The van der Waals surface area contributed by atoms with Crippen LogP contribution in [-0.2, 0) is 0 Å². The minimum atomic E-state index is 0.702. The third kappa shape index (κ3) is 2.09. The Hall–Kier alpha value is -0.770. The second kappa shape index (κ2) is 4.39. The van der Waals surface area contributed by atoms with Gasteiger partial charge in [-0.15, -0.1) is 0 Å². The van der Waals surface area contributed by atoms with E-state index in [0.29, 0.717) is 5.82 Å². The molecule has 15 heavy (non-hydrogen) atoms. The third-order valence-electron chi connectivity index (χ3n) is 3.32. The van der Waals surface area contributed by atoms with Crippen molar-refractivity contribution in [1.82, 2.24) is 4.37 Å². The lowest BCUT2D eigenvalue weighted by Crippen LogP contribution is -2.34. The van der Waals surface area contributed by atoms with Crippen molar-refractivity contribution in [3.05, 3.63) is 5.56 Å². The molecule has 3 nitrogen and oxygen atoms in total. The van der Waals surface area contributed by atoms with Crippen LogP contribution in [0.4, 0.5) is 10.8 Å². The smallest absolute Gasteiger partial charge is 0.142 e. The minimum Gasteiger partial charge on any atom is -0.383 e. The van der Waals surface area contributed by atoms with Crippen LogP contribution in [0.25, 0.3) is 0 Å². The number of piperidine rings is 1. The summed E-state index contributed by atoms with van der Waals surface area (Å²) < 4.78 is 4.22. The lowest BCUT2D eigenvalue weighted by Gasteiger charge is -2.33. The minimum absolute atomic E-state index is 0.702. The van der Waals surface area contributed by atoms with Crippen molar-refractivity contribution in [2.45, 2.75) is 33.1 Å². The third-order valence-corrected chi connectivity index (χ3v) is 4.34. The van der Waals surface area contributed by atoms with E-state index in [0.717, 1.165) is 11.5 Å². The van der Waals surface area contributed by atoms with Gasteiger partial charge in [-0.3, -0.25) is 0 Å². The number of aromatic nitrogens is 1. The predicted molar refractivity (Wildman–Crippen MR) is 66.5 cm³/mol. The molecule has 1 unspecified atom stereocenters. The van der Waals surface area contributed by atoms with Crippen LogP contribution in [0.5, 0.6) is 0 Å². The Bertz CT molecular complexity index is 335. The molecule has 1 aliphatic rings. The van der Waals surface area contributed by atoms with Gasteiger partial charge in [0.1, 0.15) is 10.8 Å². The molecule has 1 aromatic rings. The zero-order valence-electron chi connectivity index (χ0n) is 9.49. The van der Waals surface area contributed by atoms with Gasteiger partial charge >= 0.3 is 0 Å². The van der Waals surface area contributed by atoms with Crippen molar-refractivity contribution in [2.75, 3.05) is 23.7 Å². The SMILES string of the molecule is CCC1CCCN(c2snc(N)c2C)C1. The van der Waals surface area contributed by atoms with E-state index in [9.17, 15) is 0 Å². The molecule has 2 rings (SSSR count). The van der Waals surface area contributed by atoms with Crippen molar-refractivity contribution in [3.63, 3.8) is 0 Å². The molecule has 0 radical (unpaired) electrons. The normalized spacial score (nSPS) is 22.0. The summed E-state index contributed by atoms with van der Waals surface area (Å²) in [6, 6.07) is 0. The summed E-state index contributed by atoms with van der Waals surface area (Å²) in [5.41, 5.74) is 6.95. The van der Waals surface area contributed by atoms with Gasteiger partial charge in [0, 0.05) is 18.7 Å². The zero-order chi connectivity index (χ0) is 10.8. The number of rotatable bonds is 2. The number of hydrogen-bond donors (Lipinski definition) is 1. The highest BCUT2D eigenvalue weighted by Crippen LogP contribution is 2.33. The van der Waals surface area contributed by atoms with Gasteiger partial charge in [0.25, 0.3) is 0 Å². The van der Waals surface area contributed by atoms with Crippen LogP contribution in [0, 0.1) is 12.8 Å². The summed E-state index contributed by atoms with van der Waals surface area (Å²) in [4.78, 5) is 2.46. The Morgan fingerprint density at radius 2 is 2.40 bits per heavy atom. The predicted octanol–water partition coefficient (Wildman–Crippen LogP) is 2.66. The maximum atomic E-state index is 5.79. The average Bonchev–Trinajstić information content (AvgIpc) is 2.60. The van der Waals surface area contributed by atoms with Crippen LogP contribution < -0.4 is 10.6 Å². The second-order valence-electron chi connectivity index (χ2n) is 4.36. The molecule has 2 heterocycles. The Morgan fingerprint density at radius 1 is 1.60 bits per heavy atom. The van der Waals surface area contributed by atoms with E-state index in [4.69, 9.17) is 5.73 Å². The van der Waals surface area contributed by atoms with Gasteiger partial charge in [0.2, 0.25) is 0 Å². The molecule has 1 aromatic heterocycles. The van der Waals surface area contributed by atoms with Gasteiger partial charge < -0.3 is 10.6 Å². The zero-order valence-corrected chi connectivity index (χ0v) is 10.3. The summed E-state index contributed by atoms with van der Waals surface area (Å²) in [6.07, 6.45) is 3.96. The molecule has 1 fully saturated rings. The fraction of sp³-hybridized carbons (Fsp3) is 0.727. The Kier molecular flexibility index (Phi) is 3.14. The molecule has 1 saturated heterocycles. The summed E-state index contributed by atoms with van der Waals surface area (Å²) >= 11 is 1.55. The molecule has 0 saturated carbocycles. The summed E-state index contributed by atoms with van der Waals surface area (Å²) in [5, 5.41) is 1.28. The monoisotopic (exact) mass is 225 g/mol. The standard InChI is InChI=1S/C11H19N3S/c1-3-9-5-4-6-14(7-9)11-8(2)10(12)13-15-11/h9H,3-7H2,1-2H3,(H2,12,13). The van der Waals surface area contributed by atoms with Crippen molar-refractivity contribution >= 4 is 22.4 Å². The number of nitrogen functional groups attached to an aromatic ring is 1. The fourth-order valence-electron chi connectivity index (χ4n) is 2.22. The van der Waals surface area contributed by atoms with Gasteiger partial charge in [0.05, 0.1) is 0 Å². The van der Waals surface area contributed by atoms with Crippen LogP contribution in [0.1, 0.15) is 31.7 Å². The molecule has 1 aliphatic heterocycles. The molecular formula is C11H19N3S. The molecule has 0 spiro atoms. The van der Waals surface area contributed by atoms with Crippen LogP contribution in [0.15, 0.2) is 0 Å². The summed E-state index contributed by atoms with van der Waals surface area (Å²) in [7, 11) is 0. The van der Waals surface area contributed by atoms with Crippen molar-refractivity contribution in [2.24, 2.45) is 5.92 Å². The molecule has 4 heteroatoms. The van der Waals surface area contributed by atoms with Crippen LogP contribution >= 0.6 is 11.5 Å². The Balaban J connectivity index is 2.13. The average molecular weight is 225 g/mol.